The summed E-state index contributed by atoms with van der Waals surface area (Å²) in [6, 6.07) is 11.3. The predicted molar refractivity (Wildman–Crippen MR) is 126 cm³/mol. The number of methoxy groups -OCH3 is 2. The zero-order chi connectivity index (χ0) is 23.4. The molecule has 170 valence electrons. The molecule has 0 aliphatic heterocycles. The Morgan fingerprint density at radius 2 is 1.81 bits per heavy atom. The predicted octanol–water partition coefficient (Wildman–Crippen LogP) is 6.02. The van der Waals surface area contributed by atoms with Gasteiger partial charge in [-0.05, 0) is 51.0 Å². The summed E-state index contributed by atoms with van der Waals surface area (Å²) < 4.78 is 10.5. The maximum absolute atomic E-state index is 14.0. The SMILES string of the molecule is COc1cc(O)c(C(=O)[C@H]2[C@H](CC=C(C)C)C(C)=CC[C@@H]2c2ccccc2)c(O)c1OC. The van der Waals surface area contributed by atoms with Crippen LogP contribution < -0.4 is 9.47 Å². The molecule has 3 rings (SSSR count). The topological polar surface area (TPSA) is 76.0 Å². The maximum Gasteiger partial charge on any atom is 0.204 e. The van der Waals surface area contributed by atoms with E-state index < -0.39 is 11.7 Å². The van der Waals surface area contributed by atoms with Crippen LogP contribution in [0.2, 0.25) is 0 Å². The van der Waals surface area contributed by atoms with Crippen LogP contribution in [0.4, 0.5) is 0 Å². The molecule has 0 radical (unpaired) electrons. The van der Waals surface area contributed by atoms with Crippen LogP contribution in [-0.2, 0) is 0 Å². The van der Waals surface area contributed by atoms with Gasteiger partial charge in [-0.25, -0.2) is 0 Å². The fraction of sp³-hybridized carbons (Fsp3) is 0.370. The van der Waals surface area contributed by atoms with Crippen LogP contribution in [0, 0.1) is 11.8 Å². The maximum atomic E-state index is 14.0. The number of phenols is 2. The molecular formula is C27H32O5. The lowest BCUT2D eigenvalue weighted by Gasteiger charge is -2.37. The number of benzene rings is 2. The van der Waals surface area contributed by atoms with E-state index in [2.05, 4.69) is 19.1 Å². The van der Waals surface area contributed by atoms with Crippen molar-refractivity contribution in [2.75, 3.05) is 14.2 Å². The third-order valence-electron chi connectivity index (χ3n) is 6.33. The second kappa shape index (κ2) is 9.94. The number of hydrogen-bond donors (Lipinski definition) is 2. The number of ether oxygens (including phenoxy) is 2. The minimum Gasteiger partial charge on any atom is -0.507 e. The number of ketones is 1. The molecule has 1 aliphatic carbocycles. The van der Waals surface area contributed by atoms with Crippen molar-refractivity contribution in [3.63, 3.8) is 0 Å². The molecule has 0 saturated heterocycles. The van der Waals surface area contributed by atoms with E-state index in [0.29, 0.717) is 12.8 Å². The van der Waals surface area contributed by atoms with Crippen LogP contribution >= 0.6 is 0 Å². The Morgan fingerprint density at radius 1 is 1.12 bits per heavy atom. The van der Waals surface area contributed by atoms with Gasteiger partial charge in [-0.15, -0.1) is 0 Å². The molecule has 0 unspecified atom stereocenters. The van der Waals surface area contributed by atoms with Crippen LogP contribution in [0.15, 0.2) is 59.7 Å². The highest BCUT2D eigenvalue weighted by Crippen LogP contribution is 2.50. The normalized spacial score (nSPS) is 20.3. The standard InChI is InChI=1S/C27H32O5/c1-16(2)11-13-19-17(3)12-14-20(18-9-7-6-8-10-18)23(19)25(29)24-21(28)15-22(31-4)27(32-5)26(24)30/h6-12,15,19-20,23,28,30H,13-14H2,1-5H3/t19-,20-,23+/m1/s1. The van der Waals surface area contributed by atoms with Gasteiger partial charge < -0.3 is 19.7 Å². The van der Waals surface area contributed by atoms with Crippen molar-refractivity contribution in [2.45, 2.75) is 39.5 Å². The molecule has 0 saturated carbocycles. The first kappa shape index (κ1) is 23.5. The molecule has 0 bridgehead atoms. The number of carbonyl (C=O) groups excluding carboxylic acids is 1. The molecule has 0 heterocycles. The largest absolute Gasteiger partial charge is 0.507 e. The summed E-state index contributed by atoms with van der Waals surface area (Å²) in [5, 5.41) is 21.6. The van der Waals surface area contributed by atoms with Crippen molar-refractivity contribution in [2.24, 2.45) is 11.8 Å². The fourth-order valence-corrected chi connectivity index (χ4v) is 4.65. The Labute approximate surface area is 190 Å². The van der Waals surface area contributed by atoms with Gasteiger partial charge in [0.05, 0.1) is 14.2 Å². The van der Waals surface area contributed by atoms with Gasteiger partial charge in [0.2, 0.25) is 5.75 Å². The summed E-state index contributed by atoms with van der Waals surface area (Å²) in [7, 11) is 2.80. The number of aromatic hydroxyl groups is 2. The van der Waals surface area contributed by atoms with Gasteiger partial charge >= 0.3 is 0 Å². The van der Waals surface area contributed by atoms with E-state index in [4.69, 9.17) is 9.47 Å². The van der Waals surface area contributed by atoms with Crippen LogP contribution in [0.3, 0.4) is 0 Å². The fourth-order valence-electron chi connectivity index (χ4n) is 4.65. The van der Waals surface area contributed by atoms with E-state index in [0.717, 1.165) is 11.1 Å². The highest BCUT2D eigenvalue weighted by atomic mass is 16.5. The Bertz CT molecular complexity index is 1030. The summed E-state index contributed by atoms with van der Waals surface area (Å²) in [5.41, 5.74) is 3.27. The number of rotatable bonds is 7. The average molecular weight is 437 g/mol. The average Bonchev–Trinajstić information content (AvgIpc) is 2.77. The Morgan fingerprint density at radius 3 is 2.41 bits per heavy atom. The molecule has 2 aromatic rings. The van der Waals surface area contributed by atoms with E-state index in [9.17, 15) is 15.0 Å². The van der Waals surface area contributed by atoms with E-state index in [1.807, 2.05) is 44.2 Å². The summed E-state index contributed by atoms with van der Waals surface area (Å²) in [6.45, 7) is 6.14. The second-order valence-corrected chi connectivity index (χ2v) is 8.57. The minimum atomic E-state index is -0.451. The molecule has 5 nitrogen and oxygen atoms in total. The molecule has 1 aliphatic rings. The number of allylic oxidation sites excluding steroid dienone is 4. The van der Waals surface area contributed by atoms with E-state index >= 15 is 0 Å². The number of Topliss-reactive ketones (excluding diaryl/α,β-unsaturated/α-hetero) is 1. The molecule has 0 spiro atoms. The summed E-state index contributed by atoms with van der Waals surface area (Å²) in [4.78, 5) is 14.0. The summed E-state index contributed by atoms with van der Waals surface area (Å²) >= 11 is 0. The molecule has 0 fully saturated rings. The van der Waals surface area contributed by atoms with E-state index in [1.54, 1.807) is 0 Å². The monoisotopic (exact) mass is 436 g/mol. The molecule has 3 atom stereocenters. The molecule has 0 amide bonds. The van der Waals surface area contributed by atoms with Gasteiger partial charge in [0.1, 0.15) is 11.3 Å². The van der Waals surface area contributed by atoms with Gasteiger partial charge in [-0.1, -0.05) is 53.6 Å². The van der Waals surface area contributed by atoms with Crippen LogP contribution in [0.1, 0.15) is 55.5 Å². The van der Waals surface area contributed by atoms with Crippen molar-refractivity contribution >= 4 is 5.78 Å². The molecule has 2 aromatic carbocycles. The molecule has 0 aromatic heterocycles. The van der Waals surface area contributed by atoms with Crippen molar-refractivity contribution in [3.8, 4) is 23.0 Å². The third kappa shape index (κ3) is 4.52. The second-order valence-electron chi connectivity index (χ2n) is 8.57. The molecule has 5 heteroatoms. The Hall–Kier alpha value is -3.21. The lowest BCUT2D eigenvalue weighted by molar-refractivity contribution is 0.0843. The molecule has 32 heavy (non-hydrogen) atoms. The number of hydrogen-bond acceptors (Lipinski definition) is 5. The van der Waals surface area contributed by atoms with Gasteiger partial charge in [-0.2, -0.15) is 0 Å². The molecular weight excluding hydrogens is 404 g/mol. The summed E-state index contributed by atoms with van der Waals surface area (Å²) in [5.74, 6) is -1.38. The van der Waals surface area contributed by atoms with Gasteiger partial charge in [-0.3, -0.25) is 4.79 Å². The first-order valence-corrected chi connectivity index (χ1v) is 10.9. The van der Waals surface area contributed by atoms with Crippen LogP contribution in [0.5, 0.6) is 23.0 Å². The lowest BCUT2D eigenvalue weighted by Crippen LogP contribution is -2.33. The highest BCUT2D eigenvalue weighted by molar-refractivity contribution is 6.04. The summed E-state index contributed by atoms with van der Waals surface area (Å²) in [6.07, 6.45) is 5.77. The number of carbonyl (C=O) groups is 1. The van der Waals surface area contributed by atoms with E-state index in [1.165, 1.54) is 25.9 Å². The third-order valence-corrected chi connectivity index (χ3v) is 6.33. The van der Waals surface area contributed by atoms with Crippen molar-refractivity contribution in [1.29, 1.82) is 0 Å². The van der Waals surface area contributed by atoms with Crippen LogP contribution in [-0.4, -0.2) is 30.2 Å². The quantitative estimate of drug-likeness (QED) is 0.410. The van der Waals surface area contributed by atoms with Gasteiger partial charge in [0.15, 0.2) is 17.3 Å². The highest BCUT2D eigenvalue weighted by Gasteiger charge is 2.41. The lowest BCUT2D eigenvalue weighted by atomic mass is 9.65. The smallest absolute Gasteiger partial charge is 0.204 e. The number of phenolic OH excluding ortho intramolecular Hbond substituents is 2. The zero-order valence-electron chi connectivity index (χ0n) is 19.4. The van der Waals surface area contributed by atoms with Crippen molar-refractivity contribution in [1.82, 2.24) is 0 Å². The Balaban J connectivity index is 2.17. The van der Waals surface area contributed by atoms with Gasteiger partial charge in [0.25, 0.3) is 0 Å². The van der Waals surface area contributed by atoms with E-state index in [-0.39, 0.29) is 40.4 Å². The van der Waals surface area contributed by atoms with Crippen LogP contribution in [0.25, 0.3) is 0 Å². The van der Waals surface area contributed by atoms with Crippen molar-refractivity contribution < 1.29 is 24.5 Å². The zero-order valence-corrected chi connectivity index (χ0v) is 19.4. The van der Waals surface area contributed by atoms with Crippen molar-refractivity contribution in [3.05, 3.63) is 70.8 Å². The molecule has 2 N–H and O–H groups in total. The minimum absolute atomic E-state index is 0.0360. The first-order valence-electron chi connectivity index (χ1n) is 10.9. The first-order chi connectivity index (χ1) is 15.3. The van der Waals surface area contributed by atoms with Gasteiger partial charge in [0, 0.05) is 12.0 Å². The Kier molecular flexibility index (Phi) is 7.29.